The number of pyridine rings is 1. The fraction of sp³-hybridized carbons (Fsp3) is 0.448. The van der Waals surface area contributed by atoms with Crippen molar-refractivity contribution < 1.29 is 27.1 Å². The molecule has 10 nitrogen and oxygen atoms in total. The van der Waals surface area contributed by atoms with Gasteiger partial charge in [0.15, 0.2) is 5.82 Å². The van der Waals surface area contributed by atoms with Crippen molar-refractivity contribution in [2.24, 2.45) is 0 Å². The maximum atomic E-state index is 16.5. The molecule has 1 amide bonds. The highest BCUT2D eigenvalue weighted by atomic mass is 19.3. The molecular formula is C29H33F4N7O3. The van der Waals surface area contributed by atoms with Gasteiger partial charge in [-0.15, -0.1) is 0 Å². The third-order valence-corrected chi connectivity index (χ3v) is 7.77. The number of hydrogen-bond donors (Lipinski definition) is 2. The molecule has 2 aromatic heterocycles. The van der Waals surface area contributed by atoms with Crippen LogP contribution >= 0.6 is 0 Å². The van der Waals surface area contributed by atoms with Crippen LogP contribution in [0.5, 0.6) is 0 Å². The van der Waals surface area contributed by atoms with Crippen molar-refractivity contribution in [2.75, 3.05) is 54.9 Å². The van der Waals surface area contributed by atoms with Gasteiger partial charge < -0.3 is 29.7 Å². The minimum atomic E-state index is -3.14. The van der Waals surface area contributed by atoms with Gasteiger partial charge in [-0.25, -0.2) is 27.5 Å². The van der Waals surface area contributed by atoms with Crippen molar-refractivity contribution in [3.05, 3.63) is 63.7 Å². The van der Waals surface area contributed by atoms with Crippen LogP contribution in [0.1, 0.15) is 43.1 Å². The zero-order valence-electron chi connectivity index (χ0n) is 24.2. The SMILES string of the molecule is CC1CN(c2cc(F)c(-c3ccnc(N4C[C@@H](C)O[C@@H](C)C4)n3)c(F)c2NC(=O)c2c[nH]c(=O)cc2C(F)F)CCN1C. The fourth-order valence-corrected chi connectivity index (χ4v) is 5.50. The number of carbonyl (C=O) groups excluding carboxylic acids is 1. The molecule has 43 heavy (non-hydrogen) atoms. The molecular weight excluding hydrogens is 570 g/mol. The van der Waals surface area contributed by atoms with Crippen LogP contribution in [0.25, 0.3) is 11.3 Å². The number of anilines is 3. The van der Waals surface area contributed by atoms with E-state index in [0.29, 0.717) is 38.8 Å². The fourth-order valence-electron chi connectivity index (χ4n) is 5.50. The molecule has 14 heteroatoms. The Balaban J connectivity index is 1.60. The first-order chi connectivity index (χ1) is 20.4. The molecule has 1 unspecified atom stereocenters. The number of H-pyrrole nitrogens is 1. The van der Waals surface area contributed by atoms with Crippen LogP contribution in [0.4, 0.5) is 34.9 Å². The monoisotopic (exact) mass is 603 g/mol. The second-order valence-electron chi connectivity index (χ2n) is 11.0. The number of nitrogens with zero attached hydrogens (tertiary/aromatic N) is 5. The van der Waals surface area contributed by atoms with Crippen LogP contribution < -0.4 is 20.7 Å². The summed E-state index contributed by atoms with van der Waals surface area (Å²) in [5.41, 5.74) is -3.07. The van der Waals surface area contributed by atoms with Crippen molar-refractivity contribution in [3.8, 4) is 11.3 Å². The number of aromatic amines is 1. The summed E-state index contributed by atoms with van der Waals surface area (Å²) in [4.78, 5) is 41.6. The number of benzene rings is 1. The van der Waals surface area contributed by atoms with Gasteiger partial charge in [0.25, 0.3) is 12.3 Å². The third-order valence-electron chi connectivity index (χ3n) is 7.77. The summed E-state index contributed by atoms with van der Waals surface area (Å²) in [6.45, 7) is 8.09. The van der Waals surface area contributed by atoms with Gasteiger partial charge >= 0.3 is 0 Å². The number of amides is 1. The van der Waals surface area contributed by atoms with Gasteiger partial charge in [-0.3, -0.25) is 9.59 Å². The molecule has 0 bridgehead atoms. The molecule has 230 valence electrons. The Morgan fingerprint density at radius 3 is 2.49 bits per heavy atom. The summed E-state index contributed by atoms with van der Waals surface area (Å²) in [5.74, 6) is -2.86. The summed E-state index contributed by atoms with van der Waals surface area (Å²) in [7, 11) is 1.93. The van der Waals surface area contributed by atoms with E-state index in [0.717, 1.165) is 12.3 Å². The first-order valence-electron chi connectivity index (χ1n) is 14.0. The van der Waals surface area contributed by atoms with Crippen molar-refractivity contribution in [1.82, 2.24) is 19.9 Å². The van der Waals surface area contributed by atoms with Crippen molar-refractivity contribution in [3.63, 3.8) is 0 Å². The molecule has 4 heterocycles. The number of morpholine rings is 1. The molecule has 2 aliphatic heterocycles. The minimum Gasteiger partial charge on any atom is -0.372 e. The quantitative estimate of drug-likeness (QED) is 0.407. The normalized spacial score (nSPS) is 21.4. The zero-order valence-corrected chi connectivity index (χ0v) is 24.2. The number of likely N-dealkylation sites (N-methyl/N-ethyl adjacent to an activating group) is 1. The third kappa shape index (κ3) is 6.34. The Morgan fingerprint density at radius 1 is 1.09 bits per heavy atom. The Morgan fingerprint density at radius 2 is 1.81 bits per heavy atom. The lowest BCUT2D eigenvalue weighted by Gasteiger charge is -2.39. The first-order valence-corrected chi connectivity index (χ1v) is 14.0. The number of aromatic nitrogens is 3. The van der Waals surface area contributed by atoms with E-state index in [1.54, 1.807) is 4.90 Å². The number of ether oxygens (including phenoxy) is 1. The lowest BCUT2D eigenvalue weighted by atomic mass is 10.0. The highest BCUT2D eigenvalue weighted by molar-refractivity contribution is 6.07. The van der Waals surface area contributed by atoms with E-state index in [2.05, 4.69) is 25.2 Å². The van der Waals surface area contributed by atoms with Gasteiger partial charge in [0.2, 0.25) is 11.5 Å². The Labute approximate surface area is 245 Å². The Kier molecular flexibility index (Phi) is 8.69. The molecule has 2 fully saturated rings. The topological polar surface area (TPSA) is 107 Å². The molecule has 3 aromatic rings. The van der Waals surface area contributed by atoms with E-state index >= 15 is 8.78 Å². The van der Waals surface area contributed by atoms with Gasteiger partial charge in [0.1, 0.15) is 11.5 Å². The van der Waals surface area contributed by atoms with Crippen LogP contribution in [-0.4, -0.2) is 83.8 Å². The van der Waals surface area contributed by atoms with Crippen molar-refractivity contribution >= 4 is 23.2 Å². The maximum absolute atomic E-state index is 16.5. The largest absolute Gasteiger partial charge is 0.372 e. The molecule has 5 rings (SSSR count). The van der Waals surface area contributed by atoms with E-state index < -0.39 is 51.9 Å². The minimum absolute atomic E-state index is 0.0236. The number of rotatable bonds is 6. The lowest BCUT2D eigenvalue weighted by molar-refractivity contribution is -0.00572. The summed E-state index contributed by atoms with van der Waals surface area (Å²) in [6.07, 6.45) is -1.12. The molecule has 3 atom stereocenters. The van der Waals surface area contributed by atoms with Gasteiger partial charge in [-0.2, -0.15) is 0 Å². The van der Waals surface area contributed by atoms with Gasteiger partial charge in [-0.1, -0.05) is 0 Å². The zero-order chi connectivity index (χ0) is 31.0. The van der Waals surface area contributed by atoms with Gasteiger partial charge in [0.05, 0.1) is 34.7 Å². The van der Waals surface area contributed by atoms with Crippen LogP contribution in [-0.2, 0) is 4.74 Å². The standard InChI is InChI=1S/C29H33F4N7O3/c1-15-12-39(8-7-38(15)4)22-10-20(30)24(21-5-6-34-29(36-21)40-13-16(2)43-17(3)14-40)25(31)26(22)37-28(42)19-11-35-23(41)9-18(19)27(32)33/h5-6,9-11,15-17,27H,7-8,12-14H2,1-4H3,(H,35,41)(H,37,42)/t15?,16-,17+. The van der Waals surface area contributed by atoms with Crippen LogP contribution in [0, 0.1) is 11.6 Å². The molecule has 1 aromatic carbocycles. The van der Waals surface area contributed by atoms with Gasteiger partial charge in [0, 0.05) is 68.9 Å². The predicted molar refractivity (Wildman–Crippen MR) is 154 cm³/mol. The summed E-state index contributed by atoms with van der Waals surface area (Å²) >= 11 is 0. The van der Waals surface area contributed by atoms with Gasteiger partial charge in [-0.05, 0) is 33.9 Å². The van der Waals surface area contributed by atoms with Crippen LogP contribution in [0.15, 0.2) is 35.4 Å². The predicted octanol–water partition coefficient (Wildman–Crippen LogP) is 4.05. The van der Waals surface area contributed by atoms with E-state index in [4.69, 9.17) is 4.74 Å². The molecule has 0 radical (unpaired) electrons. The first kappa shape index (κ1) is 30.4. The number of piperazine rings is 1. The Hall–Kier alpha value is -4.04. The number of nitrogens with one attached hydrogen (secondary N) is 2. The summed E-state index contributed by atoms with van der Waals surface area (Å²) in [5, 5.41) is 2.40. The van der Waals surface area contributed by atoms with Crippen molar-refractivity contribution in [1.29, 1.82) is 0 Å². The average molecular weight is 604 g/mol. The van der Waals surface area contributed by atoms with E-state index in [1.165, 1.54) is 12.3 Å². The molecule has 2 saturated heterocycles. The molecule has 0 saturated carbocycles. The van der Waals surface area contributed by atoms with Crippen LogP contribution in [0.2, 0.25) is 0 Å². The van der Waals surface area contributed by atoms with Crippen molar-refractivity contribution in [2.45, 2.75) is 45.4 Å². The average Bonchev–Trinajstić information content (AvgIpc) is 2.95. The van der Waals surface area contributed by atoms with E-state index in [1.807, 2.05) is 32.7 Å². The summed E-state index contributed by atoms with van der Waals surface area (Å²) in [6, 6.07) is 3.12. The molecule has 0 aliphatic carbocycles. The second-order valence-corrected chi connectivity index (χ2v) is 11.0. The number of carbonyl (C=O) groups is 1. The van der Waals surface area contributed by atoms with Crippen LogP contribution in [0.3, 0.4) is 0 Å². The molecule has 2 N–H and O–H groups in total. The highest BCUT2D eigenvalue weighted by Crippen LogP contribution is 2.39. The number of alkyl halides is 2. The maximum Gasteiger partial charge on any atom is 0.264 e. The number of halogens is 4. The van der Waals surface area contributed by atoms with E-state index in [-0.39, 0.29) is 35.6 Å². The second kappa shape index (κ2) is 12.3. The molecule has 2 aliphatic rings. The summed E-state index contributed by atoms with van der Waals surface area (Å²) < 4.78 is 65.6. The Bertz CT molecular complexity index is 1560. The smallest absolute Gasteiger partial charge is 0.264 e. The molecule has 0 spiro atoms. The lowest BCUT2D eigenvalue weighted by Crippen LogP contribution is -2.50. The number of hydrogen-bond acceptors (Lipinski definition) is 8. The highest BCUT2D eigenvalue weighted by Gasteiger charge is 2.31. The van der Waals surface area contributed by atoms with E-state index in [9.17, 15) is 18.4 Å².